The lowest BCUT2D eigenvalue weighted by atomic mass is 10.5. The highest BCUT2D eigenvalue weighted by Crippen LogP contribution is 2.16. The van der Waals surface area contributed by atoms with Crippen LogP contribution in [0.3, 0.4) is 0 Å². The maximum Gasteiger partial charge on any atom is 0.408 e. The first kappa shape index (κ1) is 5.87. The monoisotopic (exact) mass is 131 g/mol. The van der Waals surface area contributed by atoms with Crippen LogP contribution in [0.2, 0.25) is 0 Å². The number of hydrogen-bond donors (Lipinski definition) is 2. The Hall–Kier alpha value is -1.26. The molecule has 0 bridgehead atoms. The van der Waals surface area contributed by atoms with E-state index >= 15 is 0 Å². The standard InChI is InChI=1S/C4H5NO4/c6-3(7)2-1-5(2)4(8)9/h2H,1H2,(H,6,7)(H,8,9)/t2-,5?/m1/s1. The molecular weight excluding hydrogens is 126 g/mol. The summed E-state index contributed by atoms with van der Waals surface area (Å²) in [6, 6.07) is -0.789. The van der Waals surface area contributed by atoms with Gasteiger partial charge in [0.25, 0.3) is 0 Å². The minimum absolute atomic E-state index is 0.130. The van der Waals surface area contributed by atoms with Crippen LogP contribution in [0.1, 0.15) is 0 Å². The average molecular weight is 131 g/mol. The van der Waals surface area contributed by atoms with Gasteiger partial charge in [0.2, 0.25) is 0 Å². The van der Waals surface area contributed by atoms with Crippen LogP contribution in [-0.4, -0.2) is 39.8 Å². The van der Waals surface area contributed by atoms with Crippen molar-refractivity contribution in [3.8, 4) is 0 Å². The zero-order valence-corrected chi connectivity index (χ0v) is 4.44. The van der Waals surface area contributed by atoms with Gasteiger partial charge in [-0.15, -0.1) is 0 Å². The highest BCUT2D eigenvalue weighted by atomic mass is 16.4. The van der Waals surface area contributed by atoms with Crippen molar-refractivity contribution in [2.45, 2.75) is 6.04 Å². The summed E-state index contributed by atoms with van der Waals surface area (Å²) in [5.74, 6) is -1.07. The van der Waals surface area contributed by atoms with E-state index in [1.165, 1.54) is 0 Å². The van der Waals surface area contributed by atoms with Crippen molar-refractivity contribution >= 4 is 12.1 Å². The van der Waals surface area contributed by atoms with E-state index in [0.29, 0.717) is 0 Å². The van der Waals surface area contributed by atoms with Gasteiger partial charge in [-0.05, 0) is 0 Å². The van der Waals surface area contributed by atoms with E-state index in [1.807, 2.05) is 0 Å². The van der Waals surface area contributed by atoms with Gasteiger partial charge in [0.1, 0.15) is 0 Å². The van der Waals surface area contributed by atoms with Gasteiger partial charge in [0.15, 0.2) is 6.04 Å². The first-order chi connectivity index (χ1) is 4.13. The summed E-state index contributed by atoms with van der Waals surface area (Å²) in [6.45, 7) is 0.130. The lowest BCUT2D eigenvalue weighted by Crippen LogP contribution is -2.15. The van der Waals surface area contributed by atoms with E-state index in [4.69, 9.17) is 10.2 Å². The van der Waals surface area contributed by atoms with Crippen LogP contribution in [0.5, 0.6) is 0 Å². The minimum Gasteiger partial charge on any atom is -0.480 e. The highest BCUT2D eigenvalue weighted by Gasteiger charge is 2.44. The predicted molar refractivity (Wildman–Crippen MR) is 26.2 cm³/mol. The zero-order chi connectivity index (χ0) is 7.02. The summed E-state index contributed by atoms with van der Waals surface area (Å²) in [7, 11) is 0. The summed E-state index contributed by atoms with van der Waals surface area (Å²) in [5, 5.41) is 16.3. The van der Waals surface area contributed by atoms with Gasteiger partial charge in [0.05, 0.1) is 6.54 Å². The number of rotatable bonds is 1. The molecule has 0 radical (unpaired) electrons. The molecule has 1 saturated heterocycles. The van der Waals surface area contributed by atoms with E-state index in [0.717, 1.165) is 4.90 Å². The summed E-state index contributed by atoms with van der Waals surface area (Å²) in [6.07, 6.45) is -1.16. The van der Waals surface area contributed by atoms with Gasteiger partial charge in [-0.2, -0.15) is 0 Å². The van der Waals surface area contributed by atoms with Crippen LogP contribution in [0, 0.1) is 0 Å². The van der Waals surface area contributed by atoms with Crippen LogP contribution in [-0.2, 0) is 4.79 Å². The molecule has 1 aliphatic rings. The minimum atomic E-state index is -1.16. The Morgan fingerprint density at radius 2 is 2.00 bits per heavy atom. The molecule has 0 aromatic heterocycles. The SMILES string of the molecule is O=C(O)[C@H]1CN1C(=O)O. The number of hydrogen-bond acceptors (Lipinski definition) is 2. The van der Waals surface area contributed by atoms with Gasteiger partial charge in [-0.3, -0.25) is 4.90 Å². The molecule has 1 fully saturated rings. The van der Waals surface area contributed by atoms with Crippen LogP contribution in [0.4, 0.5) is 4.79 Å². The van der Waals surface area contributed by atoms with Crippen molar-refractivity contribution in [1.82, 2.24) is 4.90 Å². The van der Waals surface area contributed by atoms with Crippen LogP contribution < -0.4 is 0 Å². The third-order valence-corrected chi connectivity index (χ3v) is 1.14. The van der Waals surface area contributed by atoms with E-state index in [2.05, 4.69) is 0 Å². The summed E-state index contributed by atoms with van der Waals surface area (Å²) in [5.41, 5.74) is 0. The topological polar surface area (TPSA) is 77.6 Å². The van der Waals surface area contributed by atoms with Crippen molar-refractivity contribution in [3.05, 3.63) is 0 Å². The fraction of sp³-hybridized carbons (Fsp3) is 0.500. The molecule has 1 amide bonds. The fourth-order valence-corrected chi connectivity index (χ4v) is 0.562. The third-order valence-electron chi connectivity index (χ3n) is 1.14. The van der Waals surface area contributed by atoms with E-state index in [9.17, 15) is 9.59 Å². The summed E-state index contributed by atoms with van der Waals surface area (Å²) < 4.78 is 0. The molecule has 2 N–H and O–H groups in total. The van der Waals surface area contributed by atoms with Gasteiger partial charge in [0, 0.05) is 0 Å². The largest absolute Gasteiger partial charge is 0.480 e. The molecule has 1 aliphatic heterocycles. The highest BCUT2D eigenvalue weighted by molar-refractivity contribution is 5.84. The first-order valence-corrected chi connectivity index (χ1v) is 2.35. The maximum absolute atomic E-state index is 9.97. The zero-order valence-electron chi connectivity index (χ0n) is 4.44. The molecule has 0 aromatic carbocycles. The second-order valence-electron chi connectivity index (χ2n) is 1.79. The normalized spacial score (nSPS) is 23.6. The van der Waals surface area contributed by atoms with Crippen molar-refractivity contribution < 1.29 is 19.8 Å². The molecule has 1 heterocycles. The molecule has 50 valence electrons. The fourth-order valence-electron chi connectivity index (χ4n) is 0.562. The van der Waals surface area contributed by atoms with Crippen molar-refractivity contribution in [2.75, 3.05) is 6.54 Å². The Labute approximate surface area is 50.5 Å². The van der Waals surface area contributed by atoms with E-state index < -0.39 is 18.1 Å². The molecule has 0 aliphatic carbocycles. The molecular formula is C4H5NO4. The molecule has 0 saturated carbocycles. The molecule has 1 atom stereocenters. The molecule has 0 unspecified atom stereocenters. The number of aliphatic carboxylic acids is 1. The van der Waals surface area contributed by atoms with Crippen molar-refractivity contribution in [2.24, 2.45) is 0 Å². The number of carboxylic acid groups (broad SMARTS) is 2. The number of carbonyl (C=O) groups is 2. The van der Waals surface area contributed by atoms with Gasteiger partial charge in [-0.25, -0.2) is 9.59 Å². The average Bonchev–Trinajstić information content (AvgIpc) is 2.39. The lowest BCUT2D eigenvalue weighted by molar-refractivity contribution is -0.137. The van der Waals surface area contributed by atoms with Crippen LogP contribution in [0.25, 0.3) is 0 Å². The lowest BCUT2D eigenvalue weighted by Gasteiger charge is -1.90. The smallest absolute Gasteiger partial charge is 0.408 e. The molecule has 1 rings (SSSR count). The molecule has 0 spiro atoms. The van der Waals surface area contributed by atoms with Crippen molar-refractivity contribution in [1.29, 1.82) is 0 Å². The Morgan fingerprint density at radius 3 is 2.11 bits per heavy atom. The van der Waals surface area contributed by atoms with Gasteiger partial charge >= 0.3 is 12.1 Å². The second kappa shape index (κ2) is 1.61. The first-order valence-electron chi connectivity index (χ1n) is 2.35. The van der Waals surface area contributed by atoms with Gasteiger partial charge < -0.3 is 10.2 Å². The molecule has 5 nitrogen and oxygen atoms in total. The predicted octanol–water partition coefficient (Wildman–Crippen LogP) is -0.567. The van der Waals surface area contributed by atoms with E-state index in [-0.39, 0.29) is 6.54 Å². The molecule has 5 heteroatoms. The van der Waals surface area contributed by atoms with E-state index in [1.54, 1.807) is 0 Å². The Bertz CT molecular complexity index is 148. The summed E-state index contributed by atoms with van der Waals surface area (Å²) in [4.78, 5) is 20.8. The number of amides is 1. The Kier molecular flexibility index (Phi) is 1.05. The molecule has 9 heavy (non-hydrogen) atoms. The van der Waals surface area contributed by atoms with Crippen molar-refractivity contribution in [3.63, 3.8) is 0 Å². The van der Waals surface area contributed by atoms with Crippen LogP contribution in [0.15, 0.2) is 0 Å². The third kappa shape index (κ3) is 0.933. The summed E-state index contributed by atoms with van der Waals surface area (Å²) >= 11 is 0. The number of nitrogens with zero attached hydrogens (tertiary/aromatic N) is 1. The molecule has 0 aromatic rings. The second-order valence-corrected chi connectivity index (χ2v) is 1.79. The Balaban J connectivity index is 2.42. The number of carboxylic acids is 1. The van der Waals surface area contributed by atoms with Crippen LogP contribution >= 0.6 is 0 Å². The quantitative estimate of drug-likeness (QED) is 0.467. The van der Waals surface area contributed by atoms with Gasteiger partial charge in [-0.1, -0.05) is 0 Å². The Morgan fingerprint density at radius 1 is 1.44 bits per heavy atom. The maximum atomic E-state index is 9.97.